The fraction of sp³-hybridized carbons (Fsp3) is 0.613. The lowest BCUT2D eigenvalue weighted by Gasteiger charge is -2.31. The van der Waals surface area contributed by atoms with Crippen LogP contribution in [0, 0.1) is 31.7 Å². The lowest BCUT2D eigenvalue weighted by molar-refractivity contribution is -0.114. The highest BCUT2D eigenvalue weighted by atomic mass is 79.9. The number of unbranched alkanes of at least 4 members (excludes halogenated alkanes) is 6. The number of carbonyl (C=O) groups excluding carboxylic acids is 2. The van der Waals surface area contributed by atoms with Gasteiger partial charge in [-0.2, -0.15) is 0 Å². The van der Waals surface area contributed by atoms with Crippen LogP contribution in [-0.4, -0.2) is 51.3 Å². The van der Waals surface area contributed by atoms with Crippen LogP contribution in [0.3, 0.4) is 0 Å². The summed E-state index contributed by atoms with van der Waals surface area (Å²) in [6, 6.07) is 12.5. The van der Waals surface area contributed by atoms with Crippen LogP contribution >= 0.6 is 54.5 Å². The molecule has 6 heterocycles. The molecule has 0 fully saturated rings. The number of benzene rings is 2. The number of nitrogens with zero attached hydrogens (tertiary/aromatic N) is 2. The van der Waals surface area contributed by atoms with Gasteiger partial charge in [0.25, 0.3) is 11.8 Å². The summed E-state index contributed by atoms with van der Waals surface area (Å²) in [7, 11) is 0. The van der Waals surface area contributed by atoms with Crippen LogP contribution in [0.15, 0.2) is 45.3 Å². The number of hydrogen-bond donors (Lipinski definition) is 0. The SMILES string of the molecule is CCCC[C@@H](CC)CN1C(=O)/C(=c2\s/c(=c3/s/c(=C4\C(=O)N(C[C@@H](CC)CCCC)c5cc(Br)ccc54)c4c3OCC(CCCC)(CCCC)CO4)c3c2OCC(CCCC)(CCCC)CO3)c2ccc(Br)cc21. The number of fused-ring (bicyclic) bond motifs is 4. The molecular weight excluding hydrogens is 1090 g/mol. The van der Waals surface area contributed by atoms with Crippen molar-refractivity contribution in [3.8, 4) is 23.0 Å². The van der Waals surface area contributed by atoms with E-state index in [2.05, 4.69) is 124 Å². The van der Waals surface area contributed by atoms with E-state index in [0.29, 0.717) is 85.5 Å². The summed E-state index contributed by atoms with van der Waals surface area (Å²) in [4.78, 5) is 35.0. The average Bonchev–Trinajstić information content (AvgIpc) is 4.01. The van der Waals surface area contributed by atoms with Gasteiger partial charge in [-0.3, -0.25) is 9.59 Å². The molecular formula is C62H84Br2N2O6S2. The molecule has 4 aliphatic heterocycles. The molecule has 0 spiro atoms. The highest BCUT2D eigenvalue weighted by Gasteiger charge is 2.42. The number of hydrogen-bond acceptors (Lipinski definition) is 8. The topological polar surface area (TPSA) is 77.5 Å². The van der Waals surface area contributed by atoms with Gasteiger partial charge in [0, 0.05) is 44.0 Å². The molecule has 2 aromatic carbocycles. The third kappa shape index (κ3) is 11.9. The number of halogens is 2. The monoisotopic (exact) mass is 1170 g/mol. The molecule has 2 atom stereocenters. The Balaban J connectivity index is 1.46. The molecule has 8 rings (SSSR count). The van der Waals surface area contributed by atoms with Crippen molar-refractivity contribution >= 4 is 88.9 Å². The number of rotatable bonds is 24. The normalized spacial score (nSPS) is 19.4. The molecule has 0 aliphatic carbocycles. The van der Waals surface area contributed by atoms with E-state index < -0.39 is 0 Å². The van der Waals surface area contributed by atoms with Crippen molar-refractivity contribution in [2.24, 2.45) is 22.7 Å². The highest BCUT2D eigenvalue weighted by Crippen LogP contribution is 2.48. The second-order valence-electron chi connectivity index (χ2n) is 22.1. The van der Waals surface area contributed by atoms with E-state index in [1.165, 1.54) is 0 Å². The lowest BCUT2D eigenvalue weighted by Crippen LogP contribution is -2.34. The van der Waals surface area contributed by atoms with E-state index in [9.17, 15) is 0 Å². The number of carbonyl (C=O) groups is 2. The Labute approximate surface area is 467 Å². The Bertz CT molecular complexity index is 2630. The second kappa shape index (κ2) is 25.9. The summed E-state index contributed by atoms with van der Waals surface area (Å²) in [6.07, 6.45) is 21.3. The molecule has 2 amide bonds. The lowest BCUT2D eigenvalue weighted by atomic mass is 9.79. The molecule has 4 aromatic rings. The molecule has 0 bridgehead atoms. The van der Waals surface area contributed by atoms with Gasteiger partial charge in [0.2, 0.25) is 0 Å². The smallest absolute Gasteiger partial charge is 0.260 e. The van der Waals surface area contributed by atoms with Crippen LogP contribution in [0.5, 0.6) is 23.0 Å². The van der Waals surface area contributed by atoms with Crippen LogP contribution in [0.2, 0.25) is 0 Å². The van der Waals surface area contributed by atoms with Crippen molar-refractivity contribution in [1.29, 1.82) is 0 Å². The molecule has 0 saturated heterocycles. The van der Waals surface area contributed by atoms with Crippen LogP contribution in [-0.2, 0) is 9.59 Å². The summed E-state index contributed by atoms with van der Waals surface area (Å²) < 4.78 is 34.4. The van der Waals surface area contributed by atoms with Gasteiger partial charge in [-0.25, -0.2) is 0 Å². The Hall–Kier alpha value is -3.32. The largest absolute Gasteiger partial charge is 0.487 e. The van der Waals surface area contributed by atoms with Gasteiger partial charge in [0.1, 0.15) is 0 Å². The van der Waals surface area contributed by atoms with Gasteiger partial charge in [-0.1, -0.05) is 189 Å². The Morgan fingerprint density at radius 2 is 0.811 bits per heavy atom. The summed E-state index contributed by atoms with van der Waals surface area (Å²) in [5.41, 5.74) is 4.61. The molecule has 0 radical (unpaired) electrons. The predicted molar refractivity (Wildman–Crippen MR) is 315 cm³/mol. The number of ether oxygens (including phenoxy) is 4. The third-order valence-electron chi connectivity index (χ3n) is 16.6. The minimum atomic E-state index is -0.194. The van der Waals surface area contributed by atoms with Crippen LogP contribution < -0.4 is 37.8 Å². The van der Waals surface area contributed by atoms with Crippen molar-refractivity contribution in [1.82, 2.24) is 0 Å². The fourth-order valence-corrected chi connectivity index (χ4v) is 15.0. The van der Waals surface area contributed by atoms with Gasteiger partial charge >= 0.3 is 0 Å². The molecule has 4 aliphatic rings. The Kier molecular flexibility index (Phi) is 19.9. The van der Waals surface area contributed by atoms with E-state index in [1.54, 1.807) is 22.7 Å². The summed E-state index contributed by atoms with van der Waals surface area (Å²) in [5.74, 6) is 3.35. The summed E-state index contributed by atoms with van der Waals surface area (Å²) in [6.45, 7) is 21.3. The first-order chi connectivity index (χ1) is 35.9. The molecule has 12 heteroatoms. The first-order valence-corrected chi connectivity index (χ1v) is 32.0. The zero-order valence-corrected chi connectivity index (χ0v) is 50.7. The van der Waals surface area contributed by atoms with Crippen LogP contribution in [0.25, 0.3) is 11.1 Å². The second-order valence-corrected chi connectivity index (χ2v) is 26.0. The minimum Gasteiger partial charge on any atom is -0.487 e. The van der Waals surface area contributed by atoms with E-state index in [4.69, 9.17) is 18.9 Å². The van der Waals surface area contributed by atoms with Crippen molar-refractivity contribution in [3.05, 3.63) is 74.6 Å². The standard InChI is InChI=1S/C62H84Br2N2O6S2/c1-9-17-23-41(15-7)35-65-47-33-43(63)25-27-45(47)49(59(65)67)55-51-53(71-39-61(37-69-51,29-19-11-3)30-20-12-4)57(73-55)58-54-52(70-38-62(40-72-54,31-21-13-5)32-22-14-6)56(74-58)50-46-28-26-44(64)34-48(46)66(60(50)68)36-42(16-8)24-18-10-2/h25-28,33-34,41-42H,9-24,29-32,35-40H2,1-8H3/b55-49-,56-50-,58-57+/t41-,42+. The molecule has 0 saturated carbocycles. The highest BCUT2D eigenvalue weighted by molar-refractivity contribution is 9.10. The average molecular weight is 1180 g/mol. The van der Waals surface area contributed by atoms with Crippen molar-refractivity contribution in [2.75, 3.05) is 49.3 Å². The number of thiophene rings is 2. The zero-order chi connectivity index (χ0) is 52.6. The maximum atomic E-state index is 15.5. The fourth-order valence-electron chi connectivity index (χ4n) is 11.7. The molecule has 2 aromatic heterocycles. The summed E-state index contributed by atoms with van der Waals surface area (Å²) >= 11 is 10.7. The van der Waals surface area contributed by atoms with E-state index in [-0.39, 0.29) is 22.6 Å². The predicted octanol–water partition coefficient (Wildman–Crippen LogP) is 16.4. The van der Waals surface area contributed by atoms with Crippen LogP contribution in [0.4, 0.5) is 11.4 Å². The first-order valence-electron chi connectivity index (χ1n) is 28.8. The van der Waals surface area contributed by atoms with E-state index >= 15 is 9.59 Å². The molecule has 0 unspecified atom stereocenters. The maximum absolute atomic E-state index is 15.5. The van der Waals surface area contributed by atoms with Crippen LogP contribution in [0.1, 0.15) is 195 Å². The third-order valence-corrected chi connectivity index (χ3v) is 20.1. The van der Waals surface area contributed by atoms with Crippen molar-refractivity contribution < 1.29 is 28.5 Å². The Morgan fingerprint density at radius 1 is 0.486 bits per heavy atom. The van der Waals surface area contributed by atoms with Crippen molar-refractivity contribution in [3.63, 3.8) is 0 Å². The molecule has 0 N–H and O–H groups in total. The Morgan fingerprint density at radius 3 is 1.12 bits per heavy atom. The van der Waals surface area contributed by atoms with Gasteiger partial charge in [-0.05, 0) is 74.6 Å². The van der Waals surface area contributed by atoms with E-state index in [1.807, 2.05) is 9.80 Å². The number of anilines is 2. The minimum absolute atomic E-state index is 0.000856. The van der Waals surface area contributed by atoms with Crippen molar-refractivity contribution in [2.45, 2.75) is 184 Å². The quantitative estimate of drug-likeness (QED) is 0.0696. The first kappa shape index (κ1) is 56.9. The van der Waals surface area contributed by atoms with Gasteiger partial charge in [0.15, 0.2) is 23.0 Å². The van der Waals surface area contributed by atoms with Gasteiger partial charge in [0.05, 0.1) is 67.1 Å². The number of amides is 2. The molecule has 74 heavy (non-hydrogen) atoms. The summed E-state index contributed by atoms with van der Waals surface area (Å²) in [5, 5.41) is 0. The molecule has 8 nitrogen and oxygen atoms in total. The van der Waals surface area contributed by atoms with E-state index in [0.717, 1.165) is 178 Å². The van der Waals surface area contributed by atoms with Gasteiger partial charge in [-0.15, -0.1) is 22.7 Å². The zero-order valence-electron chi connectivity index (χ0n) is 45.9. The maximum Gasteiger partial charge on any atom is 0.260 e. The van der Waals surface area contributed by atoms with Gasteiger partial charge < -0.3 is 28.7 Å². The molecule has 404 valence electrons.